The molecule has 6 rings (SSSR count). The first-order valence-electron chi connectivity index (χ1n) is 13.6. The maximum atomic E-state index is 15.1. The molecular weight excluding hydrogens is 591 g/mol. The van der Waals surface area contributed by atoms with Crippen molar-refractivity contribution in [3.05, 3.63) is 58.1 Å². The highest BCUT2D eigenvalue weighted by Gasteiger charge is 2.48. The number of nitrogens with one attached hydrogen (secondary N) is 2. The molecule has 4 aliphatic heterocycles. The molecule has 0 radical (unpaired) electrons. The number of benzene rings is 2. The van der Waals surface area contributed by atoms with Crippen molar-refractivity contribution >= 4 is 52.4 Å². The lowest BCUT2D eigenvalue weighted by atomic mass is 9.94. The van der Waals surface area contributed by atoms with Gasteiger partial charge in [-0.3, -0.25) is 15.1 Å². The van der Waals surface area contributed by atoms with E-state index in [4.69, 9.17) is 27.9 Å². The molecule has 2 aromatic carbocycles. The fourth-order valence-electron chi connectivity index (χ4n) is 6.17. The van der Waals surface area contributed by atoms with Crippen LogP contribution >= 0.6 is 35.0 Å². The van der Waals surface area contributed by atoms with Crippen LogP contribution in [0.5, 0.6) is 0 Å². The van der Waals surface area contributed by atoms with Gasteiger partial charge in [0, 0.05) is 77.7 Å². The summed E-state index contributed by atoms with van der Waals surface area (Å²) in [7, 11) is 0. The van der Waals surface area contributed by atoms with Crippen molar-refractivity contribution in [1.29, 1.82) is 5.41 Å². The van der Waals surface area contributed by atoms with Crippen LogP contribution < -0.4 is 5.32 Å². The molecule has 41 heavy (non-hydrogen) atoms. The molecule has 3 saturated heterocycles. The minimum Gasteiger partial charge on any atom is -0.379 e. The highest BCUT2D eigenvalue weighted by Crippen LogP contribution is 2.48. The lowest BCUT2D eigenvalue weighted by Crippen LogP contribution is -2.71. The highest BCUT2D eigenvalue weighted by atomic mass is 35.5. The number of carbonyl (C=O) groups is 1. The molecular formula is C29H31Cl2F2N5O2S. The molecule has 7 nitrogen and oxygen atoms in total. The van der Waals surface area contributed by atoms with Crippen LogP contribution in [0.3, 0.4) is 0 Å². The number of morpholine rings is 1. The number of hydrogen-bond acceptors (Lipinski definition) is 6. The molecule has 4 heterocycles. The SMILES string of the molecule is C=CC(=O)N1C[C@H](C)N(C(=N)c2cc(Cl)c(-c3cc(Cl)c(F)cc3F)c3c2N[C@@H](CN2CC4OCC42)CS3)C[C@H]1C. The van der Waals surface area contributed by atoms with Gasteiger partial charge in [-0.15, -0.1) is 11.8 Å². The largest absolute Gasteiger partial charge is 0.379 e. The van der Waals surface area contributed by atoms with Crippen LogP contribution in [0.25, 0.3) is 11.1 Å². The number of nitrogens with zero attached hydrogens (tertiary/aromatic N) is 3. The molecule has 5 atom stereocenters. The first-order valence-corrected chi connectivity index (χ1v) is 15.4. The standard InChI is InChI=1S/C29H31Cl2F2N5O2S/c1-4-25(39)37-8-15(3)38(9-14(37)2)29(34)18-6-20(31)26(17-5-19(30)22(33)7-21(17)32)28-27(18)35-16(13-41-28)10-36-11-24-23(36)12-40-24/h4-7,14-16,23-24,34-35H,1,8-13H2,2-3H3/t14-,15+,16+,23?,24?/m1/s1. The average molecular weight is 623 g/mol. The smallest absolute Gasteiger partial charge is 0.246 e. The molecule has 218 valence electrons. The zero-order valence-electron chi connectivity index (χ0n) is 22.7. The number of halogens is 4. The third kappa shape index (κ3) is 5.01. The fourth-order valence-corrected chi connectivity index (χ4v) is 7.93. The number of thioether (sulfide) groups is 1. The van der Waals surface area contributed by atoms with Gasteiger partial charge in [0.1, 0.15) is 17.5 Å². The van der Waals surface area contributed by atoms with Crippen LogP contribution in [0.2, 0.25) is 10.0 Å². The number of anilines is 1. The zero-order valence-corrected chi connectivity index (χ0v) is 25.1. The quantitative estimate of drug-likeness (QED) is 0.203. The van der Waals surface area contributed by atoms with Crippen LogP contribution in [0.15, 0.2) is 35.7 Å². The van der Waals surface area contributed by atoms with Gasteiger partial charge in [0.25, 0.3) is 0 Å². The lowest BCUT2D eigenvalue weighted by molar-refractivity contribution is -0.214. The molecule has 0 aromatic heterocycles. The molecule has 3 fully saturated rings. The Morgan fingerprint density at radius 2 is 1.88 bits per heavy atom. The Kier molecular flexibility index (Phi) is 7.74. The number of likely N-dealkylation sites (tertiary alicyclic amines) is 1. The topological polar surface area (TPSA) is 71.9 Å². The summed E-state index contributed by atoms with van der Waals surface area (Å²) in [6, 6.07) is 3.99. The Labute approximate surface area is 252 Å². The van der Waals surface area contributed by atoms with E-state index in [1.54, 1.807) is 22.7 Å². The number of amides is 1. The summed E-state index contributed by atoms with van der Waals surface area (Å²) in [6.45, 7) is 10.9. The molecule has 1 amide bonds. The van der Waals surface area contributed by atoms with E-state index in [0.717, 1.165) is 25.8 Å². The first kappa shape index (κ1) is 28.7. The number of amidine groups is 1. The Balaban J connectivity index is 1.38. The predicted octanol–water partition coefficient (Wildman–Crippen LogP) is 5.34. The normalized spacial score (nSPS) is 27.2. The van der Waals surface area contributed by atoms with Crippen LogP contribution in [-0.2, 0) is 9.53 Å². The van der Waals surface area contributed by atoms with E-state index in [9.17, 15) is 14.6 Å². The second-order valence-corrected chi connectivity index (χ2v) is 13.0. The van der Waals surface area contributed by atoms with Gasteiger partial charge in [0.05, 0.1) is 34.5 Å². The molecule has 12 heteroatoms. The summed E-state index contributed by atoms with van der Waals surface area (Å²) >= 11 is 14.5. The van der Waals surface area contributed by atoms with Gasteiger partial charge < -0.3 is 19.9 Å². The van der Waals surface area contributed by atoms with E-state index in [0.29, 0.717) is 52.7 Å². The van der Waals surface area contributed by atoms with Crippen LogP contribution in [0.4, 0.5) is 14.5 Å². The van der Waals surface area contributed by atoms with Gasteiger partial charge in [0.2, 0.25) is 5.91 Å². The van der Waals surface area contributed by atoms with Crippen LogP contribution in [-0.4, -0.2) is 95.3 Å². The zero-order chi connectivity index (χ0) is 29.2. The molecule has 0 bridgehead atoms. The minimum absolute atomic E-state index is 0.0784. The van der Waals surface area contributed by atoms with Crippen molar-refractivity contribution in [3.63, 3.8) is 0 Å². The van der Waals surface area contributed by atoms with E-state index in [1.807, 2.05) is 18.7 Å². The average Bonchev–Trinajstić information content (AvgIpc) is 2.93. The third-order valence-electron chi connectivity index (χ3n) is 8.52. The van der Waals surface area contributed by atoms with Gasteiger partial charge >= 0.3 is 0 Å². The molecule has 4 aliphatic rings. The summed E-state index contributed by atoms with van der Waals surface area (Å²) in [6.07, 6.45) is 1.64. The van der Waals surface area contributed by atoms with Gasteiger partial charge in [-0.2, -0.15) is 0 Å². The molecule has 0 aliphatic carbocycles. The van der Waals surface area contributed by atoms with Gasteiger partial charge in [0.15, 0.2) is 0 Å². The number of ether oxygens (including phenoxy) is 1. The Bertz CT molecular complexity index is 1440. The number of fused-ring (bicyclic) bond motifs is 2. The van der Waals surface area contributed by atoms with E-state index in [1.165, 1.54) is 12.1 Å². The van der Waals surface area contributed by atoms with E-state index in [-0.39, 0.29) is 45.5 Å². The van der Waals surface area contributed by atoms with Gasteiger partial charge in [-0.1, -0.05) is 29.8 Å². The second kappa shape index (κ2) is 11.0. The lowest BCUT2D eigenvalue weighted by Gasteiger charge is -2.56. The number of hydrogen-bond donors (Lipinski definition) is 2. The Morgan fingerprint density at radius 1 is 1.15 bits per heavy atom. The summed E-state index contributed by atoms with van der Waals surface area (Å²) in [5.74, 6) is -0.765. The van der Waals surface area contributed by atoms with E-state index < -0.39 is 11.6 Å². The molecule has 0 saturated carbocycles. The number of carbonyl (C=O) groups excluding carboxylic acids is 1. The molecule has 0 spiro atoms. The van der Waals surface area contributed by atoms with Crippen molar-refractivity contribution in [3.8, 4) is 11.1 Å². The Hall–Kier alpha value is -2.37. The molecule has 2 unspecified atom stereocenters. The monoisotopic (exact) mass is 621 g/mol. The maximum Gasteiger partial charge on any atom is 0.246 e. The summed E-state index contributed by atoms with van der Waals surface area (Å²) in [5, 5.41) is 13.0. The third-order valence-corrected chi connectivity index (χ3v) is 10.4. The first-order chi connectivity index (χ1) is 19.6. The van der Waals surface area contributed by atoms with Crippen molar-refractivity contribution in [2.75, 3.05) is 43.9 Å². The predicted molar refractivity (Wildman–Crippen MR) is 159 cm³/mol. The van der Waals surface area contributed by atoms with Gasteiger partial charge in [-0.25, -0.2) is 8.78 Å². The van der Waals surface area contributed by atoms with Crippen molar-refractivity contribution < 1.29 is 18.3 Å². The van der Waals surface area contributed by atoms with Gasteiger partial charge in [-0.05, 0) is 32.1 Å². The highest BCUT2D eigenvalue weighted by molar-refractivity contribution is 7.99. The number of rotatable bonds is 5. The van der Waals surface area contributed by atoms with Crippen LogP contribution in [0.1, 0.15) is 19.4 Å². The van der Waals surface area contributed by atoms with E-state index >= 15 is 4.39 Å². The van der Waals surface area contributed by atoms with Crippen LogP contribution in [0, 0.1) is 17.0 Å². The number of piperazine rings is 1. The summed E-state index contributed by atoms with van der Waals surface area (Å²) < 4.78 is 34.7. The fraction of sp³-hybridized carbons (Fsp3) is 0.448. The molecule has 2 aromatic rings. The van der Waals surface area contributed by atoms with E-state index in [2.05, 4.69) is 16.8 Å². The van der Waals surface area contributed by atoms with Crippen molar-refractivity contribution in [2.24, 2.45) is 0 Å². The Morgan fingerprint density at radius 3 is 2.54 bits per heavy atom. The maximum absolute atomic E-state index is 15.1. The second-order valence-electron chi connectivity index (χ2n) is 11.2. The van der Waals surface area contributed by atoms with Crippen molar-refractivity contribution in [2.45, 2.75) is 49.0 Å². The molecule has 2 N–H and O–H groups in total. The summed E-state index contributed by atoms with van der Waals surface area (Å²) in [5.41, 5.74) is 1.82. The van der Waals surface area contributed by atoms with Crippen molar-refractivity contribution in [1.82, 2.24) is 14.7 Å². The minimum atomic E-state index is -0.841. The summed E-state index contributed by atoms with van der Waals surface area (Å²) in [4.78, 5) is 19.2.